The maximum Gasteiger partial charge on any atom is 0.328 e. The summed E-state index contributed by atoms with van der Waals surface area (Å²) in [6, 6.07) is 18.7. The minimum atomic E-state index is -1.43. The zero-order chi connectivity index (χ0) is 43.3. The van der Waals surface area contributed by atoms with E-state index in [9.17, 15) is 19.5 Å². The Kier molecular flexibility index (Phi) is 11.0. The number of likely N-dealkylation sites (tertiary alicyclic amines) is 2. The lowest BCUT2D eigenvalue weighted by molar-refractivity contribution is -0.120. The van der Waals surface area contributed by atoms with Gasteiger partial charge in [0.2, 0.25) is 5.91 Å². The van der Waals surface area contributed by atoms with Crippen molar-refractivity contribution >= 4 is 45.9 Å². The van der Waals surface area contributed by atoms with Crippen LogP contribution in [0, 0.1) is 12.7 Å². The molecule has 9 rings (SSSR count). The smallest absolute Gasteiger partial charge is 0.328 e. The molecule has 0 aliphatic carbocycles. The van der Waals surface area contributed by atoms with Crippen molar-refractivity contribution in [1.82, 2.24) is 29.9 Å². The highest BCUT2D eigenvalue weighted by Crippen LogP contribution is 2.39. The van der Waals surface area contributed by atoms with E-state index < -0.39 is 23.7 Å². The number of phenols is 1. The number of aryl methyl sites for hydroxylation is 1. The number of rotatable bonds is 8. The molecule has 0 radical (unpaired) electrons. The maximum absolute atomic E-state index is 16.4. The number of nitrogens with one attached hydrogen (secondary N) is 1. The van der Waals surface area contributed by atoms with Crippen molar-refractivity contribution in [3.63, 3.8) is 0 Å². The number of benzene rings is 3. The van der Waals surface area contributed by atoms with E-state index in [1.54, 1.807) is 53.4 Å². The number of imide groups is 1. The molecule has 2 aromatic heterocycles. The Labute approximate surface area is 357 Å². The molecule has 0 spiro atoms. The Morgan fingerprint density at radius 1 is 0.952 bits per heavy atom. The van der Waals surface area contributed by atoms with Crippen LogP contribution in [0.1, 0.15) is 72.0 Å². The van der Waals surface area contributed by atoms with Gasteiger partial charge in [-0.15, -0.1) is 10.2 Å². The third kappa shape index (κ3) is 8.03. The number of amides is 4. The fourth-order valence-corrected chi connectivity index (χ4v) is 9.91. The summed E-state index contributed by atoms with van der Waals surface area (Å²) in [7, 11) is 0. The number of alkyl halides is 2. The van der Waals surface area contributed by atoms with E-state index in [1.165, 1.54) is 4.90 Å². The van der Waals surface area contributed by atoms with Crippen LogP contribution in [0.5, 0.6) is 5.75 Å². The number of aromatic nitrogens is 3. The molecular weight excluding hydrogens is 800 g/mol. The van der Waals surface area contributed by atoms with E-state index in [4.69, 9.17) is 5.73 Å². The highest BCUT2D eigenvalue weighted by Gasteiger charge is 2.39. The average molecular weight is 850 g/mol. The molecule has 16 heteroatoms. The van der Waals surface area contributed by atoms with E-state index in [0.29, 0.717) is 67.0 Å². The molecule has 324 valence electrons. The lowest BCUT2D eigenvalue weighted by Crippen LogP contribution is -2.51. The van der Waals surface area contributed by atoms with E-state index in [1.807, 2.05) is 36.2 Å². The number of phenolic OH excluding ortho intramolecular Hbond substituents is 1. The molecule has 6 heterocycles. The summed E-state index contributed by atoms with van der Waals surface area (Å²) in [5, 5.41) is 21.3. The standard InChI is InChI=1S/C46H50F3N9O4/c1-28-22-29(6-7-33(28)30-23-31(47)26-56(25-30)39-24-36(52-53-43(39)50)34-4-2-3-5-40(34)59)44(61)55-20-14-46(49,15-21-55)27-54-16-10-32(11-17-54)57-18-12-35-37(57)8-9-38(42(35)48)58-19-13-41(60)51-45(58)62/h2-9,12,18,22,24,30-32,59H,10-11,13-17,19-21,23,25-27H2,1H3,(H2,50,53)(H,51,60,62)/t30-,31+/m0/s1. The minimum absolute atomic E-state index is 0.0543. The molecule has 4 amide bonds. The summed E-state index contributed by atoms with van der Waals surface area (Å²) in [5.74, 6) is -0.990. The first kappa shape index (κ1) is 41.2. The number of halogens is 3. The Morgan fingerprint density at radius 2 is 1.73 bits per heavy atom. The predicted octanol–water partition coefficient (Wildman–Crippen LogP) is 6.89. The quantitative estimate of drug-likeness (QED) is 0.152. The number of aromatic hydroxyl groups is 1. The van der Waals surface area contributed by atoms with Crippen LogP contribution < -0.4 is 20.9 Å². The van der Waals surface area contributed by atoms with Crippen LogP contribution in [-0.2, 0) is 4.79 Å². The zero-order valence-corrected chi connectivity index (χ0v) is 34.6. The monoisotopic (exact) mass is 849 g/mol. The lowest BCUT2D eigenvalue weighted by Gasteiger charge is -2.41. The SMILES string of the molecule is Cc1cc(C(=O)N2CCC(F)(CN3CCC(n4ccc5c(F)c(N6CCC(=O)NC6=O)ccc54)CC3)CC2)ccc1[C@H]1C[C@@H](F)CN(c2cc(-c3ccccc3O)nnc2N)C1. The first-order chi connectivity index (χ1) is 29.8. The molecule has 4 N–H and O–H groups in total. The Balaban J connectivity index is 0.789. The summed E-state index contributed by atoms with van der Waals surface area (Å²) in [6.07, 6.45) is 3.15. The van der Waals surface area contributed by atoms with Gasteiger partial charge in [0.25, 0.3) is 5.91 Å². The molecule has 4 fully saturated rings. The summed E-state index contributed by atoms with van der Waals surface area (Å²) in [6.45, 7) is 4.90. The number of carbonyl (C=O) groups excluding carboxylic acids is 3. The van der Waals surface area contributed by atoms with Gasteiger partial charge in [0, 0.05) is 106 Å². The van der Waals surface area contributed by atoms with Gasteiger partial charge >= 0.3 is 6.03 Å². The van der Waals surface area contributed by atoms with Crippen molar-refractivity contribution in [3.8, 4) is 17.0 Å². The van der Waals surface area contributed by atoms with Gasteiger partial charge in [0.15, 0.2) is 11.6 Å². The van der Waals surface area contributed by atoms with Gasteiger partial charge in [-0.25, -0.2) is 18.0 Å². The minimum Gasteiger partial charge on any atom is -0.507 e. The Morgan fingerprint density at radius 3 is 2.47 bits per heavy atom. The van der Waals surface area contributed by atoms with Crippen LogP contribution in [0.25, 0.3) is 22.2 Å². The third-order valence-electron chi connectivity index (χ3n) is 13.2. The molecule has 0 unspecified atom stereocenters. The number of anilines is 3. The van der Waals surface area contributed by atoms with E-state index in [2.05, 4.69) is 25.0 Å². The molecule has 0 saturated carbocycles. The molecule has 4 aliphatic heterocycles. The Hall–Kier alpha value is -6.16. The molecule has 4 saturated heterocycles. The van der Waals surface area contributed by atoms with Crippen LogP contribution in [0.4, 0.5) is 35.2 Å². The van der Waals surface area contributed by atoms with Gasteiger partial charge in [0.05, 0.1) is 22.6 Å². The average Bonchev–Trinajstić information content (AvgIpc) is 3.70. The zero-order valence-electron chi connectivity index (χ0n) is 34.6. The van der Waals surface area contributed by atoms with Gasteiger partial charge in [-0.05, 0) is 85.8 Å². The summed E-state index contributed by atoms with van der Waals surface area (Å²) in [5.41, 5.74) is 9.49. The number of para-hydroxylation sites is 1. The molecule has 0 bridgehead atoms. The van der Waals surface area contributed by atoms with Crippen molar-refractivity contribution in [2.45, 2.75) is 69.2 Å². The number of urea groups is 1. The van der Waals surface area contributed by atoms with Gasteiger partial charge in [-0.1, -0.05) is 18.2 Å². The summed E-state index contributed by atoms with van der Waals surface area (Å²) in [4.78, 5) is 44.7. The second kappa shape index (κ2) is 16.6. The van der Waals surface area contributed by atoms with Crippen molar-refractivity contribution in [3.05, 3.63) is 95.4 Å². The van der Waals surface area contributed by atoms with Crippen molar-refractivity contribution in [2.24, 2.45) is 0 Å². The number of fused-ring (bicyclic) bond motifs is 1. The second-order valence-electron chi connectivity index (χ2n) is 17.3. The summed E-state index contributed by atoms with van der Waals surface area (Å²) >= 11 is 0. The topological polar surface area (TPSA) is 153 Å². The van der Waals surface area contributed by atoms with Gasteiger partial charge in [-0.2, -0.15) is 0 Å². The molecule has 13 nitrogen and oxygen atoms in total. The first-order valence-electron chi connectivity index (χ1n) is 21.4. The maximum atomic E-state index is 16.4. The van der Waals surface area contributed by atoms with Crippen LogP contribution in [-0.4, -0.2) is 112 Å². The predicted molar refractivity (Wildman–Crippen MR) is 230 cm³/mol. The van der Waals surface area contributed by atoms with Crippen molar-refractivity contribution < 1.29 is 32.7 Å². The number of nitrogen functional groups attached to an aromatic ring is 1. The number of hydrogen-bond acceptors (Lipinski definition) is 9. The third-order valence-corrected chi connectivity index (χ3v) is 13.2. The highest BCUT2D eigenvalue weighted by molar-refractivity contribution is 6.06. The van der Waals surface area contributed by atoms with Gasteiger partial charge in [-0.3, -0.25) is 19.8 Å². The van der Waals surface area contributed by atoms with Crippen LogP contribution >= 0.6 is 0 Å². The number of piperidine rings is 3. The van der Waals surface area contributed by atoms with Gasteiger partial charge < -0.3 is 30.1 Å². The van der Waals surface area contributed by atoms with Crippen LogP contribution in [0.3, 0.4) is 0 Å². The second-order valence-corrected chi connectivity index (χ2v) is 17.3. The fourth-order valence-electron chi connectivity index (χ4n) is 9.91. The van der Waals surface area contributed by atoms with Gasteiger partial charge in [0.1, 0.15) is 17.6 Å². The summed E-state index contributed by atoms with van der Waals surface area (Å²) < 4.78 is 49.5. The molecule has 2 atom stereocenters. The largest absolute Gasteiger partial charge is 0.507 e. The molecule has 5 aromatic rings. The van der Waals surface area contributed by atoms with E-state index >= 15 is 13.2 Å². The number of carbonyl (C=O) groups is 3. The van der Waals surface area contributed by atoms with Crippen molar-refractivity contribution in [1.29, 1.82) is 0 Å². The highest BCUT2D eigenvalue weighted by atomic mass is 19.1. The molecule has 3 aromatic carbocycles. The number of hydrogen-bond donors (Lipinski definition) is 3. The fraction of sp³-hybridized carbons (Fsp3) is 0.413. The molecule has 62 heavy (non-hydrogen) atoms. The van der Waals surface area contributed by atoms with Crippen LogP contribution in [0.2, 0.25) is 0 Å². The number of nitrogens with two attached hydrogens (primary N) is 1. The molecule has 4 aliphatic rings. The first-order valence-corrected chi connectivity index (χ1v) is 21.4. The molecular formula is C46H50F3N9O4. The lowest BCUT2D eigenvalue weighted by atomic mass is 9.86. The van der Waals surface area contributed by atoms with Crippen LogP contribution in [0.15, 0.2) is 72.9 Å². The normalized spacial score (nSPS) is 21.4. The number of nitrogens with zero attached hydrogens (tertiary/aromatic N) is 7. The van der Waals surface area contributed by atoms with Crippen molar-refractivity contribution in [2.75, 3.05) is 67.9 Å². The van der Waals surface area contributed by atoms with E-state index in [0.717, 1.165) is 29.5 Å². The Bertz CT molecular complexity index is 2530. The van der Waals surface area contributed by atoms with E-state index in [-0.39, 0.29) is 79.9 Å².